The fraction of sp³-hybridized carbons (Fsp3) is 0.462. The highest BCUT2D eigenvalue weighted by Crippen LogP contribution is 2.34. The predicted molar refractivity (Wildman–Crippen MR) is 139 cm³/mol. The Labute approximate surface area is 228 Å². The predicted octanol–water partition coefficient (Wildman–Crippen LogP) is 5.88. The molecule has 0 unspecified atom stereocenters. The summed E-state index contributed by atoms with van der Waals surface area (Å²) in [6.45, 7) is 6.43. The summed E-state index contributed by atoms with van der Waals surface area (Å²) in [7, 11) is 0. The van der Waals surface area contributed by atoms with Gasteiger partial charge in [0.1, 0.15) is 28.7 Å². The lowest BCUT2D eigenvalue weighted by atomic mass is 10.1. The summed E-state index contributed by atoms with van der Waals surface area (Å²) in [5.74, 6) is 0.205. The van der Waals surface area contributed by atoms with E-state index in [4.69, 9.17) is 22.1 Å². The number of nitrogens with two attached hydrogens (primary N) is 1. The van der Waals surface area contributed by atoms with Gasteiger partial charge in [-0.05, 0) is 63.8 Å². The zero-order chi connectivity index (χ0) is 28.5. The molecule has 13 heteroatoms. The second-order valence-corrected chi connectivity index (χ2v) is 10.9. The molecule has 39 heavy (non-hydrogen) atoms. The number of benzene rings is 1. The standard InChI is InChI=1S/C26H29ClF3N7O2/c1-25(2,3)39-24(38)35-9-4-5-19(8-10-35)37-23(32)20(12-31)22(34-37)17-13-33-36(15-17)14-16-11-18(26(28,29)30)6-7-21(16)27/h6-7,11,13,15,19H,4-5,8-10,14,32H2,1-3H3/t19-/m0/s1. The Balaban J connectivity index is 1.54. The number of halogens is 4. The summed E-state index contributed by atoms with van der Waals surface area (Å²) in [5.41, 5.74) is 6.19. The van der Waals surface area contributed by atoms with Gasteiger partial charge in [-0.15, -0.1) is 0 Å². The van der Waals surface area contributed by atoms with E-state index in [9.17, 15) is 23.2 Å². The van der Waals surface area contributed by atoms with Gasteiger partial charge in [-0.2, -0.15) is 28.6 Å². The number of anilines is 1. The van der Waals surface area contributed by atoms with Crippen LogP contribution in [-0.2, 0) is 17.5 Å². The number of hydrogen-bond donors (Lipinski definition) is 1. The third kappa shape index (κ3) is 6.47. The molecule has 208 valence electrons. The molecule has 1 fully saturated rings. The van der Waals surface area contributed by atoms with Gasteiger partial charge < -0.3 is 15.4 Å². The molecule has 2 aromatic heterocycles. The van der Waals surface area contributed by atoms with Crippen LogP contribution in [0.1, 0.15) is 62.8 Å². The molecular formula is C26H29ClF3N7O2. The Morgan fingerprint density at radius 2 is 2.00 bits per heavy atom. The molecule has 4 rings (SSSR count). The van der Waals surface area contributed by atoms with E-state index in [1.165, 1.54) is 16.9 Å². The maximum absolute atomic E-state index is 13.1. The molecule has 3 heterocycles. The molecule has 0 bridgehead atoms. The van der Waals surface area contributed by atoms with Gasteiger partial charge in [-0.3, -0.25) is 4.68 Å². The number of alkyl halides is 3. The van der Waals surface area contributed by atoms with Crippen molar-refractivity contribution in [3.05, 3.63) is 52.3 Å². The minimum atomic E-state index is -4.50. The number of ether oxygens (including phenoxy) is 1. The van der Waals surface area contributed by atoms with Crippen LogP contribution in [0.15, 0.2) is 30.6 Å². The maximum atomic E-state index is 13.1. The first-order chi connectivity index (χ1) is 18.3. The third-order valence-electron chi connectivity index (χ3n) is 6.37. The van der Waals surface area contributed by atoms with Crippen molar-refractivity contribution in [3.63, 3.8) is 0 Å². The second-order valence-electron chi connectivity index (χ2n) is 10.4. The molecule has 0 saturated carbocycles. The largest absolute Gasteiger partial charge is 0.444 e. The molecule has 1 aliphatic heterocycles. The van der Waals surface area contributed by atoms with Crippen molar-refractivity contribution in [2.75, 3.05) is 18.8 Å². The molecular weight excluding hydrogens is 535 g/mol. The van der Waals surface area contributed by atoms with Crippen molar-refractivity contribution in [2.24, 2.45) is 0 Å². The van der Waals surface area contributed by atoms with E-state index in [-0.39, 0.29) is 40.6 Å². The quantitative estimate of drug-likeness (QED) is 0.424. The normalized spacial score (nSPS) is 16.6. The Bertz CT molecular complexity index is 1400. The maximum Gasteiger partial charge on any atom is 0.416 e. The SMILES string of the molecule is CC(C)(C)OC(=O)N1CCC[C@H](n2nc(-c3cnn(Cc4cc(C(F)(F)F)ccc4Cl)c3)c(C#N)c2N)CC1. The number of likely N-dealkylation sites (tertiary alicyclic amines) is 1. The van der Waals surface area contributed by atoms with Crippen LogP contribution in [0.4, 0.5) is 23.8 Å². The highest BCUT2D eigenvalue weighted by Gasteiger charge is 2.31. The third-order valence-corrected chi connectivity index (χ3v) is 6.74. The molecule has 3 aromatic rings. The highest BCUT2D eigenvalue weighted by atomic mass is 35.5. The number of nitrogens with zero attached hydrogens (tertiary/aromatic N) is 6. The van der Waals surface area contributed by atoms with Crippen LogP contribution in [-0.4, -0.2) is 49.2 Å². The van der Waals surface area contributed by atoms with Gasteiger partial charge in [0.05, 0.1) is 24.3 Å². The van der Waals surface area contributed by atoms with Crippen molar-refractivity contribution >= 4 is 23.5 Å². The number of aromatic nitrogens is 4. The molecule has 1 atom stereocenters. The van der Waals surface area contributed by atoms with Crippen LogP contribution in [0, 0.1) is 11.3 Å². The number of carbonyl (C=O) groups is 1. The van der Waals surface area contributed by atoms with Crippen LogP contribution in [0.2, 0.25) is 5.02 Å². The Kier molecular flexibility index (Phi) is 7.84. The minimum absolute atomic E-state index is 0.00996. The lowest BCUT2D eigenvalue weighted by molar-refractivity contribution is -0.137. The highest BCUT2D eigenvalue weighted by molar-refractivity contribution is 6.31. The molecule has 2 N–H and O–H groups in total. The van der Waals surface area contributed by atoms with E-state index in [0.29, 0.717) is 43.6 Å². The summed E-state index contributed by atoms with van der Waals surface area (Å²) < 4.78 is 48.0. The fourth-order valence-electron chi connectivity index (χ4n) is 4.49. The van der Waals surface area contributed by atoms with Gasteiger partial charge in [-0.25, -0.2) is 9.48 Å². The molecule has 1 saturated heterocycles. The Morgan fingerprint density at radius 3 is 2.67 bits per heavy atom. The summed E-state index contributed by atoms with van der Waals surface area (Å²) in [6.07, 6.45) is 0.167. The van der Waals surface area contributed by atoms with Crippen LogP contribution in [0.25, 0.3) is 11.3 Å². The smallest absolute Gasteiger partial charge is 0.416 e. The van der Waals surface area contributed by atoms with Crippen LogP contribution in [0.3, 0.4) is 0 Å². The number of hydrogen-bond acceptors (Lipinski definition) is 6. The first kappa shape index (κ1) is 28.3. The molecule has 0 aliphatic carbocycles. The van der Waals surface area contributed by atoms with Crippen LogP contribution >= 0.6 is 11.6 Å². The van der Waals surface area contributed by atoms with E-state index in [2.05, 4.69) is 16.3 Å². The average molecular weight is 564 g/mol. The van der Waals surface area contributed by atoms with Crippen molar-refractivity contribution in [2.45, 2.75) is 64.4 Å². The molecule has 0 spiro atoms. The van der Waals surface area contributed by atoms with E-state index in [0.717, 1.165) is 12.1 Å². The first-order valence-corrected chi connectivity index (χ1v) is 12.8. The minimum Gasteiger partial charge on any atom is -0.444 e. The zero-order valence-electron chi connectivity index (χ0n) is 21.8. The Hall–Kier alpha value is -3.72. The van der Waals surface area contributed by atoms with E-state index < -0.39 is 17.3 Å². The van der Waals surface area contributed by atoms with Crippen molar-refractivity contribution in [1.82, 2.24) is 24.5 Å². The van der Waals surface area contributed by atoms with E-state index in [1.807, 2.05) is 20.8 Å². The number of carbonyl (C=O) groups excluding carboxylic acids is 1. The van der Waals surface area contributed by atoms with Crippen LogP contribution in [0.5, 0.6) is 0 Å². The van der Waals surface area contributed by atoms with Crippen molar-refractivity contribution in [3.8, 4) is 17.3 Å². The average Bonchev–Trinajstić information content (AvgIpc) is 3.33. The van der Waals surface area contributed by atoms with Gasteiger partial charge in [-0.1, -0.05) is 11.6 Å². The summed E-state index contributed by atoms with van der Waals surface area (Å²) >= 11 is 6.14. The zero-order valence-corrected chi connectivity index (χ0v) is 22.6. The summed E-state index contributed by atoms with van der Waals surface area (Å²) in [5, 5.41) is 18.9. The molecule has 1 aromatic carbocycles. The Morgan fingerprint density at radius 1 is 1.26 bits per heavy atom. The topological polar surface area (TPSA) is 115 Å². The summed E-state index contributed by atoms with van der Waals surface area (Å²) in [6, 6.07) is 5.09. The lowest BCUT2D eigenvalue weighted by Gasteiger charge is -2.26. The molecule has 1 amide bonds. The number of nitrogen functional groups attached to an aromatic ring is 1. The number of amides is 1. The van der Waals surface area contributed by atoms with Gasteiger partial charge >= 0.3 is 12.3 Å². The van der Waals surface area contributed by atoms with Gasteiger partial charge in [0, 0.05) is 29.9 Å². The first-order valence-electron chi connectivity index (χ1n) is 12.4. The monoisotopic (exact) mass is 563 g/mol. The number of rotatable bonds is 4. The van der Waals surface area contributed by atoms with Crippen molar-refractivity contribution in [1.29, 1.82) is 5.26 Å². The summed E-state index contributed by atoms with van der Waals surface area (Å²) in [4.78, 5) is 14.2. The molecule has 9 nitrogen and oxygen atoms in total. The lowest BCUT2D eigenvalue weighted by Crippen LogP contribution is -2.37. The molecule has 1 aliphatic rings. The van der Waals surface area contributed by atoms with Crippen LogP contribution < -0.4 is 5.73 Å². The van der Waals surface area contributed by atoms with E-state index in [1.54, 1.807) is 15.8 Å². The van der Waals surface area contributed by atoms with Gasteiger partial charge in [0.2, 0.25) is 0 Å². The fourth-order valence-corrected chi connectivity index (χ4v) is 4.67. The van der Waals surface area contributed by atoms with Gasteiger partial charge in [0.25, 0.3) is 0 Å². The number of nitriles is 1. The van der Waals surface area contributed by atoms with E-state index >= 15 is 0 Å². The molecule has 0 radical (unpaired) electrons. The van der Waals surface area contributed by atoms with Crippen molar-refractivity contribution < 1.29 is 22.7 Å². The van der Waals surface area contributed by atoms with Gasteiger partial charge in [0.15, 0.2) is 0 Å². The second kappa shape index (κ2) is 10.8.